The molecular weight excluding hydrogens is 316 g/mol. The summed E-state index contributed by atoms with van der Waals surface area (Å²) in [7, 11) is 0. The topological polar surface area (TPSA) is 65.2 Å². The van der Waals surface area contributed by atoms with Crippen LogP contribution in [-0.2, 0) is 0 Å². The first-order valence-electron chi connectivity index (χ1n) is 8.42. The van der Waals surface area contributed by atoms with Crippen LogP contribution in [0.4, 0.5) is 0 Å². The van der Waals surface area contributed by atoms with E-state index in [0.29, 0.717) is 17.3 Å². The molecule has 0 spiro atoms. The van der Waals surface area contributed by atoms with Crippen molar-refractivity contribution >= 4 is 6.29 Å². The van der Waals surface area contributed by atoms with Crippen molar-refractivity contribution in [2.45, 2.75) is 26.2 Å². The van der Waals surface area contributed by atoms with Gasteiger partial charge in [0.15, 0.2) is 0 Å². The molecule has 3 rings (SSSR count). The number of ether oxygens (including phenoxy) is 1. The van der Waals surface area contributed by atoms with Crippen LogP contribution in [0.1, 0.15) is 36.5 Å². The quantitative estimate of drug-likeness (QED) is 0.437. The summed E-state index contributed by atoms with van der Waals surface area (Å²) in [5.41, 5.74) is 2.22. The number of carbonyl (C=O) groups is 1. The number of carbonyl (C=O) groups excluding carboxylic acids is 1. The molecule has 0 aliphatic heterocycles. The molecule has 0 fully saturated rings. The minimum Gasteiger partial charge on any atom is -0.494 e. The van der Waals surface area contributed by atoms with Crippen molar-refractivity contribution in [2.75, 3.05) is 6.61 Å². The lowest BCUT2D eigenvalue weighted by atomic mass is 10.1. The fourth-order valence-corrected chi connectivity index (χ4v) is 2.40. The first-order chi connectivity index (χ1) is 12.3. The number of hydrogen-bond donors (Lipinski definition) is 0. The number of rotatable bonds is 8. The van der Waals surface area contributed by atoms with E-state index in [9.17, 15) is 4.79 Å². The van der Waals surface area contributed by atoms with Gasteiger partial charge in [0.25, 0.3) is 0 Å². The molecule has 0 bridgehead atoms. The van der Waals surface area contributed by atoms with Crippen LogP contribution >= 0.6 is 0 Å². The van der Waals surface area contributed by atoms with E-state index in [4.69, 9.17) is 9.15 Å². The van der Waals surface area contributed by atoms with Crippen molar-refractivity contribution in [2.24, 2.45) is 0 Å². The van der Waals surface area contributed by atoms with Crippen LogP contribution in [0.25, 0.3) is 22.9 Å². The first-order valence-corrected chi connectivity index (χ1v) is 8.42. The Kier molecular flexibility index (Phi) is 5.57. The van der Waals surface area contributed by atoms with Gasteiger partial charge in [0, 0.05) is 16.7 Å². The van der Waals surface area contributed by atoms with Gasteiger partial charge in [-0.05, 0) is 42.8 Å². The molecule has 3 aromatic rings. The Labute approximate surface area is 146 Å². The van der Waals surface area contributed by atoms with E-state index in [1.807, 2.05) is 24.3 Å². The highest BCUT2D eigenvalue weighted by Crippen LogP contribution is 2.25. The molecule has 0 aliphatic carbocycles. The van der Waals surface area contributed by atoms with Gasteiger partial charge >= 0.3 is 0 Å². The smallest absolute Gasteiger partial charge is 0.248 e. The van der Waals surface area contributed by atoms with Gasteiger partial charge in [-0.1, -0.05) is 31.9 Å². The van der Waals surface area contributed by atoms with Crippen LogP contribution in [0.5, 0.6) is 5.75 Å². The second kappa shape index (κ2) is 8.24. The molecule has 1 aromatic heterocycles. The van der Waals surface area contributed by atoms with Crippen LogP contribution in [-0.4, -0.2) is 23.1 Å². The van der Waals surface area contributed by atoms with Gasteiger partial charge in [-0.15, -0.1) is 10.2 Å². The number of hydrogen-bond acceptors (Lipinski definition) is 5. The molecule has 0 saturated carbocycles. The summed E-state index contributed by atoms with van der Waals surface area (Å²) < 4.78 is 11.4. The van der Waals surface area contributed by atoms with E-state index in [1.54, 1.807) is 24.3 Å². The minimum atomic E-state index is 0.423. The molecule has 25 heavy (non-hydrogen) atoms. The molecule has 0 aliphatic rings. The SMILES string of the molecule is CCCCCOc1ccc(-c2nnc(-c3ccc(C=O)cc3)o2)cc1. The summed E-state index contributed by atoms with van der Waals surface area (Å²) in [6, 6.07) is 14.6. The molecule has 5 nitrogen and oxygen atoms in total. The highest BCUT2D eigenvalue weighted by Gasteiger charge is 2.10. The van der Waals surface area contributed by atoms with Crippen molar-refractivity contribution in [1.82, 2.24) is 10.2 Å². The Morgan fingerprint density at radius 1 is 0.920 bits per heavy atom. The maximum Gasteiger partial charge on any atom is 0.248 e. The average Bonchev–Trinajstić information content (AvgIpc) is 3.16. The van der Waals surface area contributed by atoms with Crippen LogP contribution in [0.15, 0.2) is 52.9 Å². The van der Waals surface area contributed by atoms with E-state index in [1.165, 1.54) is 12.8 Å². The van der Waals surface area contributed by atoms with Gasteiger partial charge in [-0.2, -0.15) is 0 Å². The van der Waals surface area contributed by atoms with Gasteiger partial charge in [-0.25, -0.2) is 0 Å². The molecule has 0 unspecified atom stereocenters. The minimum absolute atomic E-state index is 0.423. The average molecular weight is 336 g/mol. The fourth-order valence-electron chi connectivity index (χ4n) is 2.40. The molecule has 5 heteroatoms. The van der Waals surface area contributed by atoms with Crippen molar-refractivity contribution in [3.05, 3.63) is 54.1 Å². The Bertz CT molecular complexity index is 808. The number of unbranched alkanes of at least 4 members (excludes halogenated alkanes) is 2. The molecule has 0 radical (unpaired) electrons. The predicted molar refractivity (Wildman–Crippen MR) is 95.6 cm³/mol. The summed E-state index contributed by atoms with van der Waals surface area (Å²) in [5, 5.41) is 8.17. The van der Waals surface area contributed by atoms with Crippen molar-refractivity contribution in [1.29, 1.82) is 0 Å². The second-order valence-corrected chi connectivity index (χ2v) is 5.73. The molecule has 1 heterocycles. The third kappa shape index (κ3) is 4.32. The normalized spacial score (nSPS) is 10.6. The largest absolute Gasteiger partial charge is 0.494 e. The van der Waals surface area contributed by atoms with E-state index < -0.39 is 0 Å². The number of aromatic nitrogens is 2. The van der Waals surface area contributed by atoms with Gasteiger partial charge in [0.1, 0.15) is 12.0 Å². The monoisotopic (exact) mass is 336 g/mol. The first kappa shape index (κ1) is 16.9. The Morgan fingerprint density at radius 3 is 2.08 bits per heavy atom. The summed E-state index contributed by atoms with van der Waals surface area (Å²) in [6.07, 6.45) is 4.22. The maximum absolute atomic E-state index is 10.7. The van der Waals surface area contributed by atoms with Crippen LogP contribution in [0.2, 0.25) is 0 Å². The Balaban J connectivity index is 1.68. The highest BCUT2D eigenvalue weighted by atomic mass is 16.5. The molecular formula is C20H20N2O3. The Morgan fingerprint density at radius 2 is 1.52 bits per heavy atom. The maximum atomic E-state index is 10.7. The van der Waals surface area contributed by atoms with Crippen molar-refractivity contribution < 1.29 is 13.9 Å². The third-order valence-electron chi connectivity index (χ3n) is 3.84. The van der Waals surface area contributed by atoms with Crippen molar-refractivity contribution in [3.63, 3.8) is 0 Å². The number of benzene rings is 2. The van der Waals surface area contributed by atoms with E-state index in [2.05, 4.69) is 17.1 Å². The van der Waals surface area contributed by atoms with Gasteiger partial charge in [-0.3, -0.25) is 4.79 Å². The van der Waals surface area contributed by atoms with Gasteiger partial charge in [0.2, 0.25) is 11.8 Å². The lowest BCUT2D eigenvalue weighted by Gasteiger charge is -2.05. The van der Waals surface area contributed by atoms with Gasteiger partial charge < -0.3 is 9.15 Å². The van der Waals surface area contributed by atoms with Crippen LogP contribution in [0.3, 0.4) is 0 Å². The lowest BCUT2D eigenvalue weighted by Crippen LogP contribution is -1.96. The lowest BCUT2D eigenvalue weighted by molar-refractivity contribution is 0.112. The third-order valence-corrected chi connectivity index (χ3v) is 3.84. The van der Waals surface area contributed by atoms with Gasteiger partial charge in [0.05, 0.1) is 6.61 Å². The van der Waals surface area contributed by atoms with E-state index in [0.717, 1.165) is 36.2 Å². The summed E-state index contributed by atoms with van der Waals surface area (Å²) in [6.45, 7) is 2.90. The number of aldehydes is 1. The Hall–Kier alpha value is -2.95. The second-order valence-electron chi connectivity index (χ2n) is 5.73. The zero-order valence-corrected chi connectivity index (χ0v) is 14.1. The van der Waals surface area contributed by atoms with Crippen molar-refractivity contribution in [3.8, 4) is 28.7 Å². The number of nitrogens with zero attached hydrogens (tertiary/aromatic N) is 2. The zero-order chi connectivity index (χ0) is 17.5. The molecule has 0 atom stereocenters. The highest BCUT2D eigenvalue weighted by molar-refractivity contribution is 5.76. The predicted octanol–water partition coefficient (Wildman–Crippen LogP) is 4.79. The van der Waals surface area contributed by atoms with E-state index >= 15 is 0 Å². The molecule has 0 N–H and O–H groups in total. The summed E-state index contributed by atoms with van der Waals surface area (Å²) in [4.78, 5) is 10.7. The standard InChI is InChI=1S/C20H20N2O3/c1-2-3-4-13-24-18-11-9-17(10-12-18)20-22-21-19(25-20)16-7-5-15(14-23)6-8-16/h5-12,14H,2-4,13H2,1H3. The van der Waals surface area contributed by atoms with Crippen LogP contribution < -0.4 is 4.74 Å². The summed E-state index contributed by atoms with van der Waals surface area (Å²) in [5.74, 6) is 1.71. The molecule has 128 valence electrons. The van der Waals surface area contributed by atoms with E-state index in [-0.39, 0.29) is 0 Å². The van der Waals surface area contributed by atoms with Crippen LogP contribution in [0, 0.1) is 0 Å². The molecule has 0 saturated heterocycles. The molecule has 2 aromatic carbocycles. The zero-order valence-electron chi connectivity index (χ0n) is 14.1. The molecule has 0 amide bonds. The fraction of sp³-hybridized carbons (Fsp3) is 0.250. The summed E-state index contributed by atoms with van der Waals surface area (Å²) >= 11 is 0.